The van der Waals surface area contributed by atoms with Gasteiger partial charge in [-0.15, -0.1) is 0 Å². The molecular formula is C28H25FN4O3. The summed E-state index contributed by atoms with van der Waals surface area (Å²) in [4.78, 5) is 46.1. The molecule has 2 aliphatic rings. The van der Waals surface area contributed by atoms with Crippen LogP contribution in [0.15, 0.2) is 83.9 Å². The molecule has 0 saturated carbocycles. The summed E-state index contributed by atoms with van der Waals surface area (Å²) < 4.78 is 14.6. The molecular weight excluding hydrogens is 459 g/mol. The minimum atomic E-state index is -1.37. The van der Waals surface area contributed by atoms with Gasteiger partial charge in [-0.3, -0.25) is 19.3 Å². The van der Waals surface area contributed by atoms with Gasteiger partial charge in [-0.25, -0.2) is 9.38 Å². The van der Waals surface area contributed by atoms with Crippen molar-refractivity contribution in [1.29, 1.82) is 0 Å². The summed E-state index contributed by atoms with van der Waals surface area (Å²) in [7, 11) is 0. The van der Waals surface area contributed by atoms with Crippen molar-refractivity contribution in [3.63, 3.8) is 0 Å². The molecule has 0 radical (unpaired) electrons. The summed E-state index contributed by atoms with van der Waals surface area (Å²) >= 11 is 0. The molecule has 3 aromatic carbocycles. The molecule has 5 rings (SSSR count). The third kappa shape index (κ3) is 4.15. The lowest BCUT2D eigenvalue weighted by atomic mass is 9.83. The number of nitrogens with two attached hydrogens (primary N) is 1. The average molecular weight is 485 g/mol. The van der Waals surface area contributed by atoms with Crippen LogP contribution in [-0.2, 0) is 21.7 Å². The van der Waals surface area contributed by atoms with Crippen LogP contribution >= 0.6 is 0 Å². The second kappa shape index (κ2) is 9.37. The van der Waals surface area contributed by atoms with E-state index in [1.165, 1.54) is 21.9 Å². The van der Waals surface area contributed by atoms with Gasteiger partial charge in [0.05, 0.1) is 13.1 Å². The van der Waals surface area contributed by atoms with Crippen LogP contribution in [0.4, 0.5) is 4.39 Å². The van der Waals surface area contributed by atoms with Crippen molar-refractivity contribution in [2.75, 3.05) is 13.1 Å². The van der Waals surface area contributed by atoms with Gasteiger partial charge >= 0.3 is 0 Å². The Kier molecular flexibility index (Phi) is 6.10. The first-order chi connectivity index (χ1) is 17.4. The van der Waals surface area contributed by atoms with Crippen LogP contribution in [-0.4, -0.2) is 46.4 Å². The lowest BCUT2D eigenvalue weighted by Crippen LogP contribution is -2.43. The third-order valence-corrected chi connectivity index (χ3v) is 6.58. The fraction of sp³-hybridized carbons (Fsp3) is 0.214. The minimum absolute atomic E-state index is 0.00599. The molecule has 182 valence electrons. The smallest absolute Gasteiger partial charge is 0.266 e. The predicted octanol–water partition coefficient (Wildman–Crippen LogP) is 3.23. The van der Waals surface area contributed by atoms with E-state index < -0.39 is 17.3 Å². The van der Waals surface area contributed by atoms with Gasteiger partial charge < -0.3 is 10.6 Å². The predicted molar refractivity (Wildman–Crippen MR) is 132 cm³/mol. The first-order valence-electron chi connectivity index (χ1n) is 11.8. The number of hydrogen-bond acceptors (Lipinski definition) is 5. The number of likely N-dealkylation sites (tertiary alicyclic amines) is 1. The molecule has 1 saturated heterocycles. The minimum Gasteiger partial charge on any atom is -0.369 e. The molecule has 8 heteroatoms. The highest BCUT2D eigenvalue weighted by atomic mass is 19.1. The number of halogens is 1. The van der Waals surface area contributed by atoms with Crippen LogP contribution in [0.3, 0.4) is 0 Å². The van der Waals surface area contributed by atoms with Gasteiger partial charge in [0.25, 0.3) is 11.8 Å². The molecule has 7 nitrogen and oxygen atoms in total. The Labute approximate surface area is 208 Å². The van der Waals surface area contributed by atoms with Crippen molar-refractivity contribution >= 4 is 23.6 Å². The lowest BCUT2D eigenvalue weighted by molar-refractivity contribution is -0.130. The van der Waals surface area contributed by atoms with Crippen LogP contribution in [0.1, 0.15) is 39.9 Å². The molecule has 0 aliphatic carbocycles. The fourth-order valence-electron chi connectivity index (χ4n) is 4.88. The number of aliphatic imine (C=N–C) groups is 1. The van der Waals surface area contributed by atoms with Crippen LogP contribution in [0.25, 0.3) is 0 Å². The Morgan fingerprint density at radius 2 is 1.61 bits per heavy atom. The van der Waals surface area contributed by atoms with E-state index in [0.717, 1.165) is 6.07 Å². The van der Waals surface area contributed by atoms with Crippen molar-refractivity contribution in [2.24, 2.45) is 10.7 Å². The van der Waals surface area contributed by atoms with E-state index in [-0.39, 0.29) is 36.3 Å². The van der Waals surface area contributed by atoms with E-state index in [0.29, 0.717) is 36.1 Å². The molecule has 0 atom stereocenters. The molecule has 2 aliphatic heterocycles. The van der Waals surface area contributed by atoms with E-state index in [1.54, 1.807) is 0 Å². The van der Waals surface area contributed by atoms with Crippen molar-refractivity contribution in [3.05, 3.63) is 107 Å². The first kappa shape index (κ1) is 23.4. The average Bonchev–Trinajstić information content (AvgIpc) is 3.14. The Balaban J connectivity index is 1.48. The highest BCUT2D eigenvalue weighted by Gasteiger charge is 2.50. The van der Waals surface area contributed by atoms with Crippen LogP contribution < -0.4 is 5.73 Å². The maximum absolute atomic E-state index is 14.6. The standard InChI is InChI=1S/C28H25FN4O3/c29-23-15-19(14-20(16-23)25(35)32-13-7-12-24(34)18-32)17-33-26(36)28(31-27(33)30,21-8-3-1-4-9-21)22-10-5-2-6-11-22/h1-6,8-11,14-16H,7,12-13,17-18H2,(H2,30,31). The number of Topliss-reactive ketones (excluding diaryl/α,β-unsaturated/α-hetero) is 1. The van der Waals surface area contributed by atoms with Crippen LogP contribution in [0, 0.1) is 5.82 Å². The Morgan fingerprint density at radius 1 is 0.972 bits per heavy atom. The number of guanidine groups is 1. The SMILES string of the molecule is NC1=NC(c2ccccc2)(c2ccccc2)C(=O)N1Cc1cc(F)cc(C(=O)N2CCCC(=O)C2)c1. The van der Waals surface area contributed by atoms with Gasteiger partial charge in [0.15, 0.2) is 17.3 Å². The van der Waals surface area contributed by atoms with Gasteiger partial charge in [0.1, 0.15) is 5.82 Å². The second-order valence-electron chi connectivity index (χ2n) is 9.02. The molecule has 3 aromatic rings. The number of nitrogens with zero attached hydrogens (tertiary/aromatic N) is 3. The van der Waals surface area contributed by atoms with E-state index >= 15 is 0 Å². The molecule has 0 spiro atoms. The molecule has 0 aromatic heterocycles. The van der Waals surface area contributed by atoms with Crippen molar-refractivity contribution < 1.29 is 18.8 Å². The number of rotatable bonds is 5. The highest BCUT2D eigenvalue weighted by molar-refractivity contribution is 6.09. The van der Waals surface area contributed by atoms with E-state index in [1.807, 2.05) is 60.7 Å². The maximum atomic E-state index is 14.6. The normalized spacial score (nSPS) is 17.3. The van der Waals surface area contributed by atoms with Crippen LogP contribution in [0.5, 0.6) is 0 Å². The number of benzene rings is 3. The van der Waals surface area contributed by atoms with Crippen LogP contribution in [0.2, 0.25) is 0 Å². The quantitative estimate of drug-likeness (QED) is 0.602. The molecule has 36 heavy (non-hydrogen) atoms. The number of amides is 2. The third-order valence-electron chi connectivity index (χ3n) is 6.58. The van der Waals surface area contributed by atoms with Gasteiger partial charge in [0.2, 0.25) is 0 Å². The van der Waals surface area contributed by atoms with E-state index in [2.05, 4.69) is 4.99 Å². The largest absolute Gasteiger partial charge is 0.369 e. The molecule has 1 fully saturated rings. The van der Waals surface area contributed by atoms with Crippen molar-refractivity contribution in [1.82, 2.24) is 9.80 Å². The van der Waals surface area contributed by atoms with Crippen molar-refractivity contribution in [2.45, 2.75) is 24.9 Å². The van der Waals surface area contributed by atoms with E-state index in [4.69, 9.17) is 5.73 Å². The number of carbonyl (C=O) groups is 3. The summed E-state index contributed by atoms with van der Waals surface area (Å²) in [5.74, 6) is -1.40. The van der Waals surface area contributed by atoms with Gasteiger partial charge in [-0.1, -0.05) is 60.7 Å². The highest BCUT2D eigenvalue weighted by Crippen LogP contribution is 2.40. The molecule has 2 amide bonds. The number of ketones is 1. The van der Waals surface area contributed by atoms with Gasteiger partial charge in [0, 0.05) is 18.5 Å². The molecule has 2 heterocycles. The Morgan fingerprint density at radius 3 is 2.22 bits per heavy atom. The summed E-state index contributed by atoms with van der Waals surface area (Å²) in [6, 6.07) is 22.3. The molecule has 0 bridgehead atoms. The fourth-order valence-corrected chi connectivity index (χ4v) is 4.88. The Bertz CT molecular complexity index is 1320. The summed E-state index contributed by atoms with van der Waals surface area (Å²) in [5.41, 5.74) is 6.76. The van der Waals surface area contributed by atoms with E-state index in [9.17, 15) is 18.8 Å². The monoisotopic (exact) mass is 484 g/mol. The van der Waals surface area contributed by atoms with Crippen molar-refractivity contribution in [3.8, 4) is 0 Å². The van der Waals surface area contributed by atoms with Gasteiger partial charge in [-0.05, 0) is 41.3 Å². The summed E-state index contributed by atoms with van der Waals surface area (Å²) in [6.07, 6.45) is 1.03. The topological polar surface area (TPSA) is 96.1 Å². The summed E-state index contributed by atoms with van der Waals surface area (Å²) in [6.45, 7) is 0.398. The molecule has 2 N–H and O–H groups in total. The first-order valence-corrected chi connectivity index (χ1v) is 11.8. The number of carbonyl (C=O) groups excluding carboxylic acids is 3. The molecule has 0 unspecified atom stereocenters. The second-order valence-corrected chi connectivity index (χ2v) is 9.02. The maximum Gasteiger partial charge on any atom is 0.266 e. The number of piperidine rings is 1. The zero-order chi connectivity index (χ0) is 25.3. The van der Waals surface area contributed by atoms with Gasteiger partial charge in [-0.2, -0.15) is 0 Å². The zero-order valence-electron chi connectivity index (χ0n) is 19.6. The zero-order valence-corrected chi connectivity index (χ0v) is 19.6. The number of hydrogen-bond donors (Lipinski definition) is 1. The Hall–Kier alpha value is -4.33. The summed E-state index contributed by atoms with van der Waals surface area (Å²) in [5, 5.41) is 0. The lowest BCUT2D eigenvalue weighted by Gasteiger charge is -2.27.